The lowest BCUT2D eigenvalue weighted by atomic mass is 10.1. The minimum Gasteiger partial charge on any atom is -0.492 e. The van der Waals surface area contributed by atoms with Crippen LogP contribution in [0.4, 0.5) is 0 Å². The third-order valence-corrected chi connectivity index (χ3v) is 4.20. The summed E-state index contributed by atoms with van der Waals surface area (Å²) in [5.41, 5.74) is 1.24. The van der Waals surface area contributed by atoms with Gasteiger partial charge in [-0.1, -0.05) is 24.6 Å². The second kappa shape index (κ2) is 13.2. The number of nitrogens with zero attached hydrogens (tertiary/aromatic N) is 2. The molecule has 7 heteroatoms. The molecule has 0 saturated carbocycles. The topological polar surface area (TPSA) is 58.1 Å². The summed E-state index contributed by atoms with van der Waals surface area (Å²) < 4.78 is 11.1. The molecule has 0 radical (unpaired) electrons. The molecular weight excluding hydrogens is 443 g/mol. The van der Waals surface area contributed by atoms with Crippen LogP contribution in [-0.2, 0) is 4.74 Å². The van der Waals surface area contributed by atoms with Crippen LogP contribution >= 0.6 is 24.0 Å². The van der Waals surface area contributed by atoms with Gasteiger partial charge in [-0.25, -0.2) is 0 Å². The first-order valence-electron chi connectivity index (χ1n) is 9.11. The van der Waals surface area contributed by atoms with Crippen LogP contribution < -0.4 is 15.4 Å². The van der Waals surface area contributed by atoms with Crippen molar-refractivity contribution in [3.63, 3.8) is 0 Å². The number of ether oxygens (including phenoxy) is 2. The van der Waals surface area contributed by atoms with Crippen LogP contribution in [0, 0.1) is 12.8 Å². The zero-order valence-electron chi connectivity index (χ0n) is 16.2. The first kappa shape index (κ1) is 23.0. The molecule has 1 atom stereocenters. The molecule has 0 aromatic heterocycles. The maximum absolute atomic E-state index is 5.72. The van der Waals surface area contributed by atoms with Gasteiger partial charge in [0.1, 0.15) is 12.4 Å². The lowest BCUT2D eigenvalue weighted by Gasteiger charge is -2.29. The van der Waals surface area contributed by atoms with Gasteiger partial charge in [0.2, 0.25) is 0 Å². The molecule has 0 spiro atoms. The maximum Gasteiger partial charge on any atom is 0.191 e. The van der Waals surface area contributed by atoms with E-state index in [-0.39, 0.29) is 24.0 Å². The number of nitrogens with one attached hydrogen (secondary N) is 2. The quantitative estimate of drug-likeness (QED) is 0.261. The number of aryl methyl sites for hydroxylation is 1. The van der Waals surface area contributed by atoms with Gasteiger partial charge in [-0.05, 0) is 25.0 Å². The molecule has 1 aromatic rings. The number of hydrogen-bond acceptors (Lipinski definition) is 4. The van der Waals surface area contributed by atoms with Crippen LogP contribution in [0.25, 0.3) is 0 Å². The van der Waals surface area contributed by atoms with Crippen LogP contribution in [0.2, 0.25) is 0 Å². The Bertz CT molecular complexity index is 519. The van der Waals surface area contributed by atoms with Crippen molar-refractivity contribution < 1.29 is 9.47 Å². The predicted molar refractivity (Wildman–Crippen MR) is 118 cm³/mol. The Labute approximate surface area is 174 Å². The zero-order chi connectivity index (χ0) is 17.9. The predicted octanol–water partition coefficient (Wildman–Crippen LogP) is 2.13. The second-order valence-electron chi connectivity index (χ2n) is 6.56. The van der Waals surface area contributed by atoms with Gasteiger partial charge in [-0.2, -0.15) is 0 Å². The number of guanidine groups is 1. The van der Waals surface area contributed by atoms with Crippen LogP contribution in [0.1, 0.15) is 12.5 Å². The maximum atomic E-state index is 5.72. The van der Waals surface area contributed by atoms with Gasteiger partial charge in [0.15, 0.2) is 5.96 Å². The van der Waals surface area contributed by atoms with Gasteiger partial charge in [-0.15, -0.1) is 24.0 Å². The highest BCUT2D eigenvalue weighted by Crippen LogP contribution is 2.10. The molecule has 1 fully saturated rings. The second-order valence-corrected chi connectivity index (χ2v) is 6.56. The summed E-state index contributed by atoms with van der Waals surface area (Å²) in [4.78, 5) is 6.73. The average molecular weight is 476 g/mol. The molecule has 1 heterocycles. The highest BCUT2D eigenvalue weighted by Gasteiger charge is 2.13. The molecule has 148 valence electrons. The highest BCUT2D eigenvalue weighted by molar-refractivity contribution is 14.0. The van der Waals surface area contributed by atoms with E-state index in [9.17, 15) is 0 Å². The minimum atomic E-state index is 0. The lowest BCUT2D eigenvalue weighted by molar-refractivity contribution is 0.0320. The van der Waals surface area contributed by atoms with E-state index >= 15 is 0 Å². The summed E-state index contributed by atoms with van der Waals surface area (Å²) >= 11 is 0. The first-order valence-corrected chi connectivity index (χ1v) is 9.11. The number of benzene rings is 1. The molecule has 1 aliphatic rings. The van der Waals surface area contributed by atoms with Crippen molar-refractivity contribution >= 4 is 29.9 Å². The fourth-order valence-electron chi connectivity index (χ4n) is 2.75. The number of morpholine rings is 1. The van der Waals surface area contributed by atoms with Crippen molar-refractivity contribution in [1.29, 1.82) is 0 Å². The van der Waals surface area contributed by atoms with Crippen molar-refractivity contribution in [2.45, 2.75) is 13.8 Å². The smallest absolute Gasteiger partial charge is 0.191 e. The molecule has 0 bridgehead atoms. The molecule has 2 rings (SSSR count). The fourth-order valence-corrected chi connectivity index (χ4v) is 2.75. The summed E-state index contributed by atoms with van der Waals surface area (Å²) in [6.07, 6.45) is 0. The van der Waals surface area contributed by atoms with Gasteiger partial charge in [0, 0.05) is 33.2 Å². The van der Waals surface area contributed by atoms with Crippen LogP contribution in [0.15, 0.2) is 29.3 Å². The van der Waals surface area contributed by atoms with Crippen molar-refractivity contribution in [2.24, 2.45) is 10.9 Å². The molecule has 2 N–H and O–H groups in total. The van der Waals surface area contributed by atoms with Crippen molar-refractivity contribution in [3.05, 3.63) is 29.8 Å². The number of halogens is 1. The van der Waals surface area contributed by atoms with E-state index in [4.69, 9.17) is 9.47 Å². The Morgan fingerprint density at radius 1 is 1.23 bits per heavy atom. The minimum absolute atomic E-state index is 0. The van der Waals surface area contributed by atoms with E-state index in [0.717, 1.165) is 51.1 Å². The van der Waals surface area contributed by atoms with Gasteiger partial charge in [-0.3, -0.25) is 9.89 Å². The van der Waals surface area contributed by atoms with Crippen molar-refractivity contribution in [3.8, 4) is 5.75 Å². The van der Waals surface area contributed by atoms with Gasteiger partial charge in [0.25, 0.3) is 0 Å². The molecule has 6 nitrogen and oxygen atoms in total. The summed E-state index contributed by atoms with van der Waals surface area (Å²) in [5.74, 6) is 2.27. The molecule has 1 unspecified atom stereocenters. The van der Waals surface area contributed by atoms with Gasteiger partial charge < -0.3 is 20.1 Å². The SMILES string of the molecule is CN=C(NCCOc1ccc(C)cc1)NCC(C)CN1CCOCC1.I. The number of aliphatic imine (C=N–C) groups is 1. The summed E-state index contributed by atoms with van der Waals surface area (Å²) in [5, 5.41) is 6.68. The first-order chi connectivity index (χ1) is 12.2. The molecule has 26 heavy (non-hydrogen) atoms. The Morgan fingerprint density at radius 3 is 2.58 bits per heavy atom. The van der Waals surface area contributed by atoms with Crippen molar-refractivity contribution in [2.75, 3.05) is 59.6 Å². The van der Waals surface area contributed by atoms with Gasteiger partial charge in [0.05, 0.1) is 19.8 Å². The molecule has 0 amide bonds. The Hall–Kier alpha value is -1.06. The van der Waals surface area contributed by atoms with Crippen LogP contribution in [-0.4, -0.2) is 70.5 Å². The van der Waals surface area contributed by atoms with Crippen molar-refractivity contribution in [1.82, 2.24) is 15.5 Å². The van der Waals surface area contributed by atoms with E-state index in [1.807, 2.05) is 12.1 Å². The molecular formula is C19H33IN4O2. The zero-order valence-corrected chi connectivity index (χ0v) is 18.5. The molecule has 1 saturated heterocycles. The summed E-state index contributed by atoms with van der Waals surface area (Å²) in [6.45, 7) is 11.4. The molecule has 0 aliphatic carbocycles. The largest absolute Gasteiger partial charge is 0.492 e. The third-order valence-electron chi connectivity index (χ3n) is 4.20. The van der Waals surface area contributed by atoms with Crippen LogP contribution in [0.3, 0.4) is 0 Å². The standard InChI is InChI=1S/C19H32N4O2.HI/c1-16-4-6-18(7-5-16)25-11-8-21-19(20-3)22-14-17(2)15-23-9-12-24-13-10-23;/h4-7,17H,8-15H2,1-3H3,(H2,20,21,22);1H. The number of hydrogen-bond donors (Lipinski definition) is 2. The van der Waals surface area contributed by atoms with E-state index < -0.39 is 0 Å². The molecule has 1 aliphatic heterocycles. The van der Waals surface area contributed by atoms with E-state index in [2.05, 4.69) is 46.5 Å². The monoisotopic (exact) mass is 476 g/mol. The lowest BCUT2D eigenvalue weighted by Crippen LogP contribution is -2.44. The number of rotatable bonds is 8. The Balaban J connectivity index is 0.00000338. The van der Waals surface area contributed by atoms with Crippen LogP contribution in [0.5, 0.6) is 5.75 Å². The third kappa shape index (κ3) is 9.05. The normalized spacial score (nSPS) is 16.5. The fraction of sp³-hybridized carbons (Fsp3) is 0.632. The summed E-state index contributed by atoms with van der Waals surface area (Å²) in [6, 6.07) is 8.10. The van der Waals surface area contributed by atoms with Gasteiger partial charge >= 0.3 is 0 Å². The summed E-state index contributed by atoms with van der Waals surface area (Å²) in [7, 11) is 1.79. The Kier molecular flexibility index (Phi) is 11.6. The van der Waals surface area contributed by atoms with E-state index in [1.54, 1.807) is 7.05 Å². The average Bonchev–Trinajstić information content (AvgIpc) is 2.63. The van der Waals surface area contributed by atoms with E-state index in [1.165, 1.54) is 5.56 Å². The Morgan fingerprint density at radius 2 is 1.92 bits per heavy atom. The highest BCUT2D eigenvalue weighted by atomic mass is 127. The van der Waals surface area contributed by atoms with E-state index in [0.29, 0.717) is 19.1 Å². The molecule has 1 aromatic carbocycles.